The third kappa shape index (κ3) is 5.91. The van der Waals surface area contributed by atoms with Gasteiger partial charge in [0.2, 0.25) is 5.91 Å². The highest BCUT2D eigenvalue weighted by Crippen LogP contribution is 2.56. The van der Waals surface area contributed by atoms with Crippen LogP contribution >= 0.6 is 35.7 Å². The monoisotopic (exact) mass is 563 g/mol. The van der Waals surface area contributed by atoms with Crippen molar-refractivity contribution in [3.63, 3.8) is 0 Å². The van der Waals surface area contributed by atoms with E-state index >= 15 is 0 Å². The summed E-state index contributed by atoms with van der Waals surface area (Å²) in [5.74, 6) is -0.536. The lowest BCUT2D eigenvalue weighted by atomic mass is 9.83. The fourth-order valence-electron chi connectivity index (χ4n) is 4.15. The number of thiocarbonyl (C=S) groups is 1. The number of hydrogen-bond acceptors (Lipinski definition) is 9. The quantitative estimate of drug-likeness (QED) is 0.196. The van der Waals surface area contributed by atoms with Crippen LogP contribution in [0.25, 0.3) is 5.57 Å². The molecular weight excluding hydrogens is 530 g/mol. The van der Waals surface area contributed by atoms with Crippen LogP contribution in [0.4, 0.5) is 5.69 Å². The number of hydrogen-bond donors (Lipinski definition) is 0. The Morgan fingerprint density at radius 2 is 1.54 bits per heavy atom. The highest BCUT2D eigenvalue weighted by molar-refractivity contribution is 8.29. The summed E-state index contributed by atoms with van der Waals surface area (Å²) in [6.07, 6.45) is 2.09. The molecule has 0 atom stereocenters. The normalized spacial score (nSPS) is 16.6. The summed E-state index contributed by atoms with van der Waals surface area (Å²) in [5, 5.41) is 0. The zero-order chi connectivity index (χ0) is 27.3. The van der Waals surface area contributed by atoms with E-state index in [2.05, 4.69) is 0 Å². The Labute approximate surface area is 232 Å². The molecule has 0 spiro atoms. The first kappa shape index (κ1) is 29.3. The van der Waals surface area contributed by atoms with Crippen LogP contribution in [0.1, 0.15) is 66.4 Å². The molecule has 7 nitrogen and oxygen atoms in total. The highest BCUT2D eigenvalue weighted by atomic mass is 32.2. The lowest BCUT2D eigenvalue weighted by Gasteiger charge is -2.45. The second-order valence-electron chi connectivity index (χ2n) is 8.80. The predicted octanol–water partition coefficient (Wildman–Crippen LogP) is 6.26. The lowest BCUT2D eigenvalue weighted by molar-refractivity contribution is -0.140. The van der Waals surface area contributed by atoms with Gasteiger partial charge in [-0.25, -0.2) is 9.59 Å². The predicted molar refractivity (Wildman–Crippen MR) is 154 cm³/mol. The van der Waals surface area contributed by atoms with E-state index in [4.69, 9.17) is 26.4 Å². The van der Waals surface area contributed by atoms with Crippen molar-refractivity contribution in [3.05, 3.63) is 37.8 Å². The van der Waals surface area contributed by atoms with Crippen molar-refractivity contribution in [3.8, 4) is 5.75 Å². The van der Waals surface area contributed by atoms with Gasteiger partial charge in [0, 0.05) is 17.6 Å². The minimum absolute atomic E-state index is 0.00654. The van der Waals surface area contributed by atoms with Gasteiger partial charge in [-0.15, -0.1) is 0 Å². The van der Waals surface area contributed by atoms with Gasteiger partial charge in [0.15, 0.2) is 0 Å². The lowest BCUT2D eigenvalue weighted by Crippen LogP contribution is -2.55. The summed E-state index contributed by atoms with van der Waals surface area (Å²) in [4.78, 5) is 41.7. The number of nitrogens with zero attached hydrogens (tertiary/aromatic N) is 1. The fourth-order valence-corrected chi connectivity index (χ4v) is 7.13. The minimum atomic E-state index is -0.819. The van der Waals surface area contributed by atoms with E-state index in [0.29, 0.717) is 39.1 Å². The first-order valence-corrected chi connectivity index (χ1v) is 14.5. The van der Waals surface area contributed by atoms with E-state index in [9.17, 15) is 14.4 Å². The van der Waals surface area contributed by atoms with E-state index in [1.807, 2.05) is 45.9 Å². The van der Waals surface area contributed by atoms with E-state index < -0.39 is 17.5 Å². The number of unbranched alkanes of at least 4 members (excludes halogenated alkanes) is 1. The zero-order valence-corrected chi connectivity index (χ0v) is 24.5. The largest absolute Gasteiger partial charge is 0.494 e. The molecule has 1 aromatic carbocycles. The molecule has 2 heterocycles. The van der Waals surface area contributed by atoms with Crippen molar-refractivity contribution in [2.45, 2.75) is 66.3 Å². The van der Waals surface area contributed by atoms with Crippen molar-refractivity contribution in [1.82, 2.24) is 0 Å². The van der Waals surface area contributed by atoms with Crippen LogP contribution < -0.4 is 9.64 Å². The molecule has 10 heteroatoms. The number of amides is 1. The highest BCUT2D eigenvalue weighted by Gasteiger charge is 2.46. The average Bonchev–Trinajstić information content (AvgIpc) is 3.29. The van der Waals surface area contributed by atoms with Crippen LogP contribution in [0.5, 0.6) is 5.75 Å². The van der Waals surface area contributed by atoms with Gasteiger partial charge in [0.25, 0.3) is 0 Å². The number of rotatable bonds is 9. The number of ether oxygens (including phenoxy) is 3. The SMILES string of the molecule is CCCCC(=O)N1c2ccc(OCC)cc2C(=C2SC(C(=O)OCC)=C(C(=O)OCC)S2)C(=S)C1(C)C. The zero-order valence-electron chi connectivity index (χ0n) is 22.1. The second kappa shape index (κ2) is 12.5. The third-order valence-electron chi connectivity index (χ3n) is 5.85. The van der Waals surface area contributed by atoms with Crippen molar-refractivity contribution >= 4 is 69.7 Å². The summed E-state index contributed by atoms with van der Waals surface area (Å²) in [6, 6.07) is 5.59. The smallest absolute Gasteiger partial charge is 0.346 e. The van der Waals surface area contributed by atoms with E-state index in [0.717, 1.165) is 41.9 Å². The number of carbonyl (C=O) groups is 3. The Kier molecular flexibility index (Phi) is 9.88. The summed E-state index contributed by atoms with van der Waals surface area (Å²) < 4.78 is 16.9. The Morgan fingerprint density at radius 3 is 2.05 bits per heavy atom. The maximum atomic E-state index is 13.4. The number of benzene rings is 1. The summed E-state index contributed by atoms with van der Waals surface area (Å²) in [5.41, 5.74) is 1.32. The van der Waals surface area contributed by atoms with Gasteiger partial charge in [-0.05, 0) is 59.2 Å². The molecule has 0 N–H and O–H groups in total. The maximum absolute atomic E-state index is 13.4. The second-order valence-corrected chi connectivity index (χ2v) is 11.5. The number of thioether (sulfide) groups is 2. The molecular formula is C27H33NO6S3. The van der Waals surface area contributed by atoms with Gasteiger partial charge in [0.05, 0.1) is 40.1 Å². The van der Waals surface area contributed by atoms with Crippen LogP contribution in [0.2, 0.25) is 0 Å². The Balaban J connectivity index is 2.22. The van der Waals surface area contributed by atoms with E-state index in [-0.39, 0.29) is 28.9 Å². The average molecular weight is 564 g/mol. The molecule has 37 heavy (non-hydrogen) atoms. The summed E-state index contributed by atoms with van der Waals surface area (Å²) in [7, 11) is 0. The summed E-state index contributed by atoms with van der Waals surface area (Å²) >= 11 is 8.34. The Hall–Kier alpha value is -2.30. The molecule has 0 aliphatic carbocycles. The molecule has 0 saturated carbocycles. The standard InChI is InChI=1S/C27H33NO6S3/c1-7-11-12-19(29)28-18-14-13-16(32-8-2)15-17(18)20(23(35)27(28,5)6)26-36-21(24(30)33-9-3)22(37-26)25(31)34-10-4/h13-15H,7-12H2,1-6H3. The van der Waals surface area contributed by atoms with Crippen LogP contribution in [-0.2, 0) is 23.9 Å². The Morgan fingerprint density at radius 1 is 0.946 bits per heavy atom. The van der Waals surface area contributed by atoms with Crippen LogP contribution in [0, 0.1) is 0 Å². The molecule has 1 aromatic rings. The van der Waals surface area contributed by atoms with Gasteiger partial charge in [-0.1, -0.05) is 49.1 Å². The van der Waals surface area contributed by atoms with Gasteiger partial charge in [0.1, 0.15) is 15.6 Å². The third-order valence-corrected chi connectivity index (χ3v) is 9.11. The van der Waals surface area contributed by atoms with Gasteiger partial charge in [-0.3, -0.25) is 4.79 Å². The molecule has 2 aliphatic rings. The van der Waals surface area contributed by atoms with Crippen LogP contribution in [0.3, 0.4) is 0 Å². The fraction of sp³-hybridized carbons (Fsp3) is 0.481. The number of carbonyl (C=O) groups excluding carboxylic acids is 3. The van der Waals surface area contributed by atoms with Crippen molar-refractivity contribution in [2.75, 3.05) is 24.7 Å². The summed E-state index contributed by atoms with van der Waals surface area (Å²) in [6.45, 7) is 12.1. The number of fused-ring (bicyclic) bond motifs is 1. The van der Waals surface area contributed by atoms with Crippen molar-refractivity contribution in [2.24, 2.45) is 0 Å². The molecule has 0 radical (unpaired) electrons. The van der Waals surface area contributed by atoms with Crippen molar-refractivity contribution in [1.29, 1.82) is 0 Å². The first-order chi connectivity index (χ1) is 17.6. The topological polar surface area (TPSA) is 82.1 Å². The molecule has 0 saturated heterocycles. The maximum Gasteiger partial charge on any atom is 0.346 e. The molecule has 3 rings (SSSR count). The molecule has 0 unspecified atom stereocenters. The minimum Gasteiger partial charge on any atom is -0.494 e. The van der Waals surface area contributed by atoms with Gasteiger partial charge in [-0.2, -0.15) is 0 Å². The van der Waals surface area contributed by atoms with E-state index in [1.165, 1.54) is 0 Å². The molecule has 200 valence electrons. The van der Waals surface area contributed by atoms with Gasteiger partial charge < -0.3 is 19.1 Å². The van der Waals surface area contributed by atoms with E-state index in [1.54, 1.807) is 18.7 Å². The molecule has 0 fully saturated rings. The first-order valence-electron chi connectivity index (χ1n) is 12.5. The molecule has 2 aliphatic heterocycles. The van der Waals surface area contributed by atoms with Crippen LogP contribution in [0.15, 0.2) is 32.2 Å². The molecule has 0 bridgehead atoms. The van der Waals surface area contributed by atoms with Crippen molar-refractivity contribution < 1.29 is 28.6 Å². The molecule has 1 amide bonds. The molecule has 0 aromatic heterocycles. The van der Waals surface area contributed by atoms with Gasteiger partial charge >= 0.3 is 11.9 Å². The van der Waals surface area contributed by atoms with Crippen LogP contribution in [-0.4, -0.2) is 48.1 Å². The number of esters is 2. The Bertz CT molecular complexity index is 1140. The number of anilines is 1.